The number of rotatable bonds is 10. The van der Waals surface area contributed by atoms with E-state index in [1.807, 2.05) is 37.8 Å². The van der Waals surface area contributed by atoms with Gasteiger partial charge in [0.05, 0.1) is 6.54 Å². The molecule has 0 saturated heterocycles. The maximum absolute atomic E-state index is 12.1. The zero-order valence-electron chi connectivity index (χ0n) is 17.9. The number of hydrogen-bond donors (Lipinski definition) is 2. The van der Waals surface area contributed by atoms with Crippen LogP contribution in [0.3, 0.4) is 0 Å². The van der Waals surface area contributed by atoms with Crippen molar-refractivity contribution in [2.45, 2.75) is 65.5 Å². The van der Waals surface area contributed by atoms with Gasteiger partial charge in [0.15, 0.2) is 5.96 Å². The van der Waals surface area contributed by atoms with Crippen molar-refractivity contribution in [3.8, 4) is 5.88 Å². The molecule has 8 heteroatoms. The Kier molecular flexibility index (Phi) is 12.6. The molecule has 0 spiro atoms. The molecule has 1 amide bonds. The van der Waals surface area contributed by atoms with Crippen LogP contribution >= 0.6 is 24.0 Å². The molecule has 0 aromatic carbocycles. The Labute approximate surface area is 192 Å². The minimum Gasteiger partial charge on any atom is -0.474 e. The van der Waals surface area contributed by atoms with E-state index in [0.29, 0.717) is 31.3 Å². The van der Waals surface area contributed by atoms with Crippen molar-refractivity contribution in [1.82, 2.24) is 20.5 Å². The molecule has 2 N–H and O–H groups in total. The molecule has 1 aliphatic carbocycles. The summed E-state index contributed by atoms with van der Waals surface area (Å²) in [5, 5.41) is 6.48. The summed E-state index contributed by atoms with van der Waals surface area (Å²) in [5.74, 6) is 1.55. The first-order chi connectivity index (χ1) is 13.7. The number of halogens is 1. The van der Waals surface area contributed by atoms with Gasteiger partial charge < -0.3 is 20.3 Å². The van der Waals surface area contributed by atoms with Gasteiger partial charge in [0.25, 0.3) is 0 Å². The predicted molar refractivity (Wildman–Crippen MR) is 128 cm³/mol. The second kappa shape index (κ2) is 14.4. The molecule has 0 unspecified atom stereocenters. The van der Waals surface area contributed by atoms with E-state index in [2.05, 4.69) is 20.6 Å². The van der Waals surface area contributed by atoms with Crippen LogP contribution in [0.25, 0.3) is 0 Å². The van der Waals surface area contributed by atoms with Crippen LogP contribution in [-0.4, -0.2) is 54.0 Å². The quantitative estimate of drug-likeness (QED) is 0.283. The molecule has 0 aliphatic heterocycles. The van der Waals surface area contributed by atoms with Crippen LogP contribution < -0.4 is 15.4 Å². The molecule has 1 heterocycles. The van der Waals surface area contributed by atoms with Crippen molar-refractivity contribution in [3.63, 3.8) is 0 Å². The van der Waals surface area contributed by atoms with Gasteiger partial charge in [-0.15, -0.1) is 24.0 Å². The van der Waals surface area contributed by atoms with Crippen molar-refractivity contribution in [1.29, 1.82) is 0 Å². The molecule has 1 aromatic heterocycles. The summed E-state index contributed by atoms with van der Waals surface area (Å²) in [6.45, 7) is 9.31. The van der Waals surface area contributed by atoms with Gasteiger partial charge in [-0.25, -0.2) is 9.98 Å². The molecule has 1 fully saturated rings. The fourth-order valence-electron chi connectivity index (χ4n) is 3.34. The molecule has 1 aromatic rings. The Morgan fingerprint density at radius 1 is 1.24 bits per heavy atom. The van der Waals surface area contributed by atoms with Crippen LogP contribution in [0.5, 0.6) is 5.88 Å². The Morgan fingerprint density at radius 2 is 1.97 bits per heavy atom. The zero-order chi connectivity index (χ0) is 20.2. The lowest BCUT2D eigenvalue weighted by atomic mass is 10.2. The molecule has 2 rings (SSSR count). The third kappa shape index (κ3) is 8.76. The van der Waals surface area contributed by atoms with Gasteiger partial charge in [0.2, 0.25) is 11.8 Å². The van der Waals surface area contributed by atoms with Crippen LogP contribution in [0, 0.1) is 0 Å². The minimum absolute atomic E-state index is 0. The molecular weight excluding hydrogens is 481 g/mol. The number of hydrogen-bond acceptors (Lipinski definition) is 4. The number of aromatic nitrogens is 1. The highest BCUT2D eigenvalue weighted by Crippen LogP contribution is 2.25. The van der Waals surface area contributed by atoms with Gasteiger partial charge >= 0.3 is 0 Å². The van der Waals surface area contributed by atoms with Crippen LogP contribution in [-0.2, 0) is 11.3 Å². The van der Waals surface area contributed by atoms with E-state index in [4.69, 9.17) is 4.74 Å². The van der Waals surface area contributed by atoms with Gasteiger partial charge in [-0.05, 0) is 52.5 Å². The molecule has 0 radical (unpaired) electrons. The average Bonchev–Trinajstić information content (AvgIpc) is 3.21. The number of carbonyl (C=O) groups is 1. The van der Waals surface area contributed by atoms with E-state index in [0.717, 1.165) is 38.0 Å². The molecule has 29 heavy (non-hydrogen) atoms. The average molecular weight is 517 g/mol. The molecule has 0 atom stereocenters. The van der Waals surface area contributed by atoms with Gasteiger partial charge in [-0.3, -0.25) is 4.79 Å². The summed E-state index contributed by atoms with van der Waals surface area (Å²) in [7, 11) is 0. The van der Waals surface area contributed by atoms with Gasteiger partial charge in [-0.1, -0.05) is 6.07 Å². The number of ether oxygens (including phenoxy) is 1. The van der Waals surface area contributed by atoms with Gasteiger partial charge in [0, 0.05) is 44.4 Å². The lowest BCUT2D eigenvalue weighted by Crippen LogP contribution is -2.40. The lowest BCUT2D eigenvalue weighted by molar-refractivity contribution is -0.130. The summed E-state index contributed by atoms with van der Waals surface area (Å²) in [6, 6.07) is 3.92. The first kappa shape index (κ1) is 25.5. The topological polar surface area (TPSA) is 78.9 Å². The Morgan fingerprint density at radius 3 is 2.62 bits per heavy atom. The van der Waals surface area contributed by atoms with E-state index >= 15 is 0 Å². The highest BCUT2D eigenvalue weighted by Gasteiger charge is 2.18. The van der Waals surface area contributed by atoms with Crippen molar-refractivity contribution in [2.24, 2.45) is 4.99 Å². The van der Waals surface area contributed by atoms with Crippen molar-refractivity contribution in [2.75, 3.05) is 26.2 Å². The highest BCUT2D eigenvalue weighted by atomic mass is 127. The first-order valence-corrected chi connectivity index (χ1v) is 10.6. The standard InChI is InChI=1S/C21H35N5O2.HI/c1-4-22-21(24-15-13-19(27)26(5-2)6-3)25-16-17-10-9-14-23-20(17)28-18-11-7-8-12-18;/h9-10,14,18H,4-8,11-13,15-16H2,1-3H3,(H2,22,24,25);1H. The third-order valence-corrected chi connectivity index (χ3v) is 4.93. The highest BCUT2D eigenvalue weighted by molar-refractivity contribution is 14.0. The second-order valence-electron chi connectivity index (χ2n) is 6.93. The minimum atomic E-state index is 0. The summed E-state index contributed by atoms with van der Waals surface area (Å²) < 4.78 is 6.09. The van der Waals surface area contributed by atoms with Crippen LogP contribution in [0.4, 0.5) is 0 Å². The monoisotopic (exact) mass is 517 g/mol. The van der Waals surface area contributed by atoms with E-state index in [9.17, 15) is 4.79 Å². The van der Waals surface area contributed by atoms with Crippen molar-refractivity contribution >= 4 is 35.8 Å². The van der Waals surface area contributed by atoms with E-state index in [1.54, 1.807) is 6.20 Å². The molecule has 1 saturated carbocycles. The second-order valence-corrected chi connectivity index (χ2v) is 6.93. The Hall–Kier alpha value is -1.58. The van der Waals surface area contributed by atoms with Crippen molar-refractivity contribution in [3.05, 3.63) is 23.9 Å². The van der Waals surface area contributed by atoms with Crippen LogP contribution in [0.2, 0.25) is 0 Å². The first-order valence-electron chi connectivity index (χ1n) is 10.6. The van der Waals surface area contributed by atoms with Gasteiger partial charge in [-0.2, -0.15) is 0 Å². The van der Waals surface area contributed by atoms with Crippen LogP contribution in [0.15, 0.2) is 23.3 Å². The molecule has 7 nitrogen and oxygen atoms in total. The summed E-state index contributed by atoms with van der Waals surface area (Å²) in [5.41, 5.74) is 0.978. The van der Waals surface area contributed by atoms with E-state index in [1.165, 1.54) is 12.8 Å². The Bertz CT molecular complexity index is 631. The molecule has 1 aliphatic rings. The fraction of sp³-hybridized carbons (Fsp3) is 0.667. The van der Waals surface area contributed by atoms with E-state index < -0.39 is 0 Å². The zero-order valence-corrected chi connectivity index (χ0v) is 20.3. The third-order valence-electron chi connectivity index (χ3n) is 4.93. The van der Waals surface area contributed by atoms with Crippen LogP contribution in [0.1, 0.15) is 58.4 Å². The maximum Gasteiger partial charge on any atom is 0.224 e. The lowest BCUT2D eigenvalue weighted by Gasteiger charge is -2.19. The fourth-order valence-corrected chi connectivity index (χ4v) is 3.34. The largest absolute Gasteiger partial charge is 0.474 e. The Balaban J connectivity index is 0.00000420. The molecular formula is C21H36IN5O2. The van der Waals surface area contributed by atoms with Gasteiger partial charge in [0.1, 0.15) is 6.10 Å². The maximum atomic E-state index is 12.1. The van der Waals surface area contributed by atoms with Crippen molar-refractivity contribution < 1.29 is 9.53 Å². The number of nitrogens with zero attached hydrogens (tertiary/aromatic N) is 3. The number of pyridine rings is 1. The molecule has 0 bridgehead atoms. The number of carbonyl (C=O) groups excluding carboxylic acids is 1. The summed E-state index contributed by atoms with van der Waals surface area (Å²) in [4.78, 5) is 23.0. The predicted octanol–water partition coefficient (Wildman–Crippen LogP) is 3.33. The summed E-state index contributed by atoms with van der Waals surface area (Å²) in [6.07, 6.45) is 7.15. The number of amides is 1. The number of aliphatic imine (C=N–C) groups is 1. The smallest absolute Gasteiger partial charge is 0.224 e. The molecule has 164 valence electrons. The number of guanidine groups is 1. The normalized spacial score (nSPS) is 14.2. The number of nitrogens with one attached hydrogen (secondary N) is 2. The summed E-state index contributed by atoms with van der Waals surface area (Å²) >= 11 is 0. The van der Waals surface area contributed by atoms with E-state index in [-0.39, 0.29) is 36.0 Å². The SMILES string of the molecule is CCNC(=NCc1cccnc1OC1CCCC1)NCCC(=O)N(CC)CC.I.